The second kappa shape index (κ2) is 9.47. The van der Waals surface area contributed by atoms with Gasteiger partial charge in [-0.05, 0) is 61.0 Å². The van der Waals surface area contributed by atoms with Crippen LogP contribution in [-0.2, 0) is 12.8 Å². The summed E-state index contributed by atoms with van der Waals surface area (Å²) in [5.41, 5.74) is 2.26. The zero-order valence-electron chi connectivity index (χ0n) is 16.2. The van der Waals surface area contributed by atoms with E-state index in [1.807, 2.05) is 0 Å². The van der Waals surface area contributed by atoms with Crippen LogP contribution in [0, 0.1) is 17.8 Å². The van der Waals surface area contributed by atoms with Gasteiger partial charge in [-0.2, -0.15) is 0 Å². The zero-order valence-corrected chi connectivity index (χ0v) is 16.2. The molecule has 1 heteroatoms. The van der Waals surface area contributed by atoms with Crippen molar-refractivity contribution in [2.75, 3.05) is 0 Å². The second-order valence-electron chi connectivity index (χ2n) is 8.16. The first-order chi connectivity index (χ1) is 10.8. The third kappa shape index (κ3) is 6.67. The highest BCUT2D eigenvalue weighted by atomic mass is 16.3. The molecule has 0 radical (unpaired) electrons. The Kier molecular flexibility index (Phi) is 8.33. The highest BCUT2D eigenvalue weighted by Gasteiger charge is 2.35. The van der Waals surface area contributed by atoms with E-state index in [1.54, 1.807) is 0 Å². The summed E-state index contributed by atoms with van der Waals surface area (Å²) >= 11 is 0. The number of hydrogen-bond acceptors (Lipinski definition) is 1. The van der Waals surface area contributed by atoms with Crippen LogP contribution in [0.25, 0.3) is 0 Å². The lowest BCUT2D eigenvalue weighted by Gasteiger charge is -2.38. The van der Waals surface area contributed by atoms with Crippen molar-refractivity contribution in [3.05, 3.63) is 35.4 Å². The van der Waals surface area contributed by atoms with Gasteiger partial charge in [0.05, 0.1) is 5.60 Å². The Morgan fingerprint density at radius 2 is 1.61 bits per heavy atom. The molecule has 1 nitrogen and oxygen atoms in total. The summed E-state index contributed by atoms with van der Waals surface area (Å²) in [5, 5.41) is 11.3. The van der Waals surface area contributed by atoms with Crippen molar-refractivity contribution in [2.24, 2.45) is 17.8 Å². The summed E-state index contributed by atoms with van der Waals surface area (Å²) in [6, 6.07) is 8.96. The van der Waals surface area contributed by atoms with Crippen LogP contribution >= 0.6 is 0 Å². The highest BCUT2D eigenvalue weighted by Crippen LogP contribution is 2.34. The summed E-state index contributed by atoms with van der Waals surface area (Å²) in [7, 11) is 0. The smallest absolute Gasteiger partial charge is 0.0681 e. The molecule has 2 unspecified atom stereocenters. The normalized spacial score (nSPS) is 15.9. The van der Waals surface area contributed by atoms with E-state index >= 15 is 0 Å². The number of benzene rings is 1. The average molecular weight is 319 g/mol. The Labute approximate surface area is 144 Å². The van der Waals surface area contributed by atoms with E-state index in [1.165, 1.54) is 30.4 Å². The largest absolute Gasteiger partial charge is 0.390 e. The Balaban J connectivity index is 2.77. The highest BCUT2D eigenvalue weighted by molar-refractivity contribution is 5.24. The van der Waals surface area contributed by atoms with Crippen LogP contribution in [0.4, 0.5) is 0 Å². The number of hydrogen-bond donors (Lipinski definition) is 1. The summed E-state index contributed by atoms with van der Waals surface area (Å²) in [6.45, 7) is 13.3. The fourth-order valence-electron chi connectivity index (χ4n) is 3.53. The molecule has 1 rings (SSSR count). The van der Waals surface area contributed by atoms with Crippen LogP contribution in [0.1, 0.15) is 78.4 Å². The summed E-state index contributed by atoms with van der Waals surface area (Å²) < 4.78 is 0. The molecule has 0 aliphatic carbocycles. The number of rotatable bonds is 10. The summed E-state index contributed by atoms with van der Waals surface area (Å²) in [5.74, 6) is 1.36. The lowest BCUT2D eigenvalue weighted by molar-refractivity contribution is -0.0523. The summed E-state index contributed by atoms with van der Waals surface area (Å²) in [6.07, 6.45) is 6.39. The molecule has 132 valence electrons. The molecule has 23 heavy (non-hydrogen) atoms. The first kappa shape index (κ1) is 20.2. The molecular weight excluding hydrogens is 280 g/mol. The maximum atomic E-state index is 11.3. The van der Waals surface area contributed by atoms with E-state index in [2.05, 4.69) is 65.8 Å². The van der Waals surface area contributed by atoms with E-state index in [9.17, 15) is 5.11 Å². The van der Waals surface area contributed by atoms with Gasteiger partial charge in [0.2, 0.25) is 0 Å². The van der Waals surface area contributed by atoms with Gasteiger partial charge in [-0.15, -0.1) is 0 Å². The Hall–Kier alpha value is -0.820. The van der Waals surface area contributed by atoms with Gasteiger partial charge >= 0.3 is 0 Å². The average Bonchev–Trinajstić information content (AvgIpc) is 2.50. The molecular formula is C22H38O. The molecule has 0 spiro atoms. The van der Waals surface area contributed by atoms with Gasteiger partial charge < -0.3 is 5.11 Å². The third-order valence-electron chi connectivity index (χ3n) is 5.27. The van der Waals surface area contributed by atoms with Crippen molar-refractivity contribution in [1.29, 1.82) is 0 Å². The maximum absolute atomic E-state index is 11.3. The first-order valence-corrected chi connectivity index (χ1v) is 9.58. The van der Waals surface area contributed by atoms with Gasteiger partial charge in [-0.3, -0.25) is 0 Å². The predicted octanol–water partition coefficient (Wildman–Crippen LogP) is 6.03. The Bertz CT molecular complexity index is 449. The van der Waals surface area contributed by atoms with Crippen molar-refractivity contribution in [3.8, 4) is 0 Å². The number of aliphatic hydroxyl groups is 1. The van der Waals surface area contributed by atoms with Crippen LogP contribution in [0.2, 0.25) is 0 Å². The number of unbranched alkanes of at least 4 members (excludes halogenated alkanes) is 1. The van der Waals surface area contributed by atoms with Gasteiger partial charge in [0, 0.05) is 0 Å². The fourth-order valence-corrected chi connectivity index (χ4v) is 3.53. The minimum absolute atomic E-state index is 0.327. The standard InChI is InChI=1S/C22H38O/c1-7-8-10-20-11-9-12-21(15-20)13-14-22(23,16-17(2)3)19(6)18(4)5/h9,11-12,15,17-19,23H,7-8,10,13-14,16H2,1-6H3. The Morgan fingerprint density at radius 1 is 1.00 bits per heavy atom. The molecule has 0 aliphatic rings. The van der Waals surface area contributed by atoms with Gasteiger partial charge in [0.25, 0.3) is 0 Å². The molecule has 2 atom stereocenters. The molecule has 1 N–H and O–H groups in total. The molecule has 0 bridgehead atoms. The van der Waals surface area contributed by atoms with E-state index in [0.717, 1.165) is 19.3 Å². The predicted molar refractivity (Wildman–Crippen MR) is 102 cm³/mol. The van der Waals surface area contributed by atoms with Gasteiger partial charge in [0.1, 0.15) is 0 Å². The minimum Gasteiger partial charge on any atom is -0.390 e. The van der Waals surface area contributed by atoms with Crippen LogP contribution in [0.3, 0.4) is 0 Å². The molecule has 0 fully saturated rings. The fraction of sp³-hybridized carbons (Fsp3) is 0.727. The molecule has 0 amide bonds. The lowest BCUT2D eigenvalue weighted by Crippen LogP contribution is -2.41. The van der Waals surface area contributed by atoms with Crippen LogP contribution in [0.5, 0.6) is 0 Å². The monoisotopic (exact) mass is 318 g/mol. The topological polar surface area (TPSA) is 20.2 Å². The van der Waals surface area contributed by atoms with Crippen LogP contribution in [0.15, 0.2) is 24.3 Å². The molecule has 0 aliphatic heterocycles. The second-order valence-corrected chi connectivity index (χ2v) is 8.16. The van der Waals surface area contributed by atoms with E-state index in [-0.39, 0.29) is 0 Å². The zero-order chi connectivity index (χ0) is 17.5. The molecule has 0 saturated carbocycles. The van der Waals surface area contributed by atoms with Crippen molar-refractivity contribution in [3.63, 3.8) is 0 Å². The van der Waals surface area contributed by atoms with Gasteiger partial charge in [-0.1, -0.05) is 72.2 Å². The molecule has 0 heterocycles. The number of aryl methyl sites for hydroxylation is 2. The van der Waals surface area contributed by atoms with Crippen molar-refractivity contribution < 1.29 is 5.11 Å². The quantitative estimate of drug-likeness (QED) is 0.558. The molecule has 1 aromatic rings. The van der Waals surface area contributed by atoms with Crippen molar-refractivity contribution >= 4 is 0 Å². The first-order valence-electron chi connectivity index (χ1n) is 9.58. The van der Waals surface area contributed by atoms with E-state index < -0.39 is 5.60 Å². The molecule has 0 saturated heterocycles. The maximum Gasteiger partial charge on any atom is 0.0681 e. The minimum atomic E-state index is -0.554. The van der Waals surface area contributed by atoms with Crippen LogP contribution < -0.4 is 0 Å². The molecule has 0 aromatic heterocycles. The Morgan fingerprint density at radius 3 is 2.13 bits per heavy atom. The summed E-state index contributed by atoms with van der Waals surface area (Å²) in [4.78, 5) is 0. The lowest BCUT2D eigenvalue weighted by atomic mass is 9.73. The van der Waals surface area contributed by atoms with Gasteiger partial charge in [0.15, 0.2) is 0 Å². The van der Waals surface area contributed by atoms with Crippen molar-refractivity contribution in [1.82, 2.24) is 0 Å². The van der Waals surface area contributed by atoms with E-state index in [0.29, 0.717) is 17.8 Å². The van der Waals surface area contributed by atoms with Crippen LogP contribution in [-0.4, -0.2) is 10.7 Å². The molecule has 1 aromatic carbocycles. The van der Waals surface area contributed by atoms with Crippen molar-refractivity contribution in [2.45, 2.75) is 85.7 Å². The SMILES string of the molecule is CCCCc1cccc(CCC(O)(CC(C)C)C(C)C(C)C)c1. The van der Waals surface area contributed by atoms with Gasteiger partial charge in [-0.25, -0.2) is 0 Å². The van der Waals surface area contributed by atoms with E-state index in [4.69, 9.17) is 0 Å². The third-order valence-corrected chi connectivity index (χ3v) is 5.27.